The molecule has 0 spiro atoms. The Morgan fingerprint density at radius 3 is 2.90 bits per heavy atom. The van der Waals surface area contributed by atoms with Crippen molar-refractivity contribution >= 4 is 57.5 Å². The van der Waals surface area contributed by atoms with Gasteiger partial charge in [-0.1, -0.05) is 35.0 Å². The van der Waals surface area contributed by atoms with Gasteiger partial charge in [0.25, 0.3) is 0 Å². The van der Waals surface area contributed by atoms with Crippen LogP contribution in [0.3, 0.4) is 0 Å². The summed E-state index contributed by atoms with van der Waals surface area (Å²) in [5.74, 6) is -0.300. The number of amidine groups is 1. The number of ether oxygens (including phenoxy) is 1. The van der Waals surface area contributed by atoms with Crippen LogP contribution in [0.1, 0.15) is 13.8 Å². The van der Waals surface area contributed by atoms with Crippen molar-refractivity contribution in [2.75, 3.05) is 6.61 Å². The summed E-state index contributed by atoms with van der Waals surface area (Å²) < 4.78 is 5.00. The van der Waals surface area contributed by atoms with Crippen LogP contribution in [-0.4, -0.2) is 28.7 Å². The average molecular weight is 331 g/mol. The molecule has 20 heavy (non-hydrogen) atoms. The maximum Gasteiger partial charge on any atom is 0.325 e. The lowest BCUT2D eigenvalue weighted by Crippen LogP contribution is -2.24. The summed E-state index contributed by atoms with van der Waals surface area (Å²) >= 11 is 13.1. The molecule has 0 aromatic heterocycles. The minimum atomic E-state index is -0.431. The maximum atomic E-state index is 11.7. The van der Waals surface area contributed by atoms with E-state index >= 15 is 0 Å². The number of esters is 1. The van der Waals surface area contributed by atoms with Crippen LogP contribution in [0, 0.1) is 0 Å². The van der Waals surface area contributed by atoms with E-state index in [0.717, 1.165) is 0 Å². The fraction of sp³-hybridized carbons (Fsp3) is 0.308. The molecule has 1 aliphatic rings. The van der Waals surface area contributed by atoms with Gasteiger partial charge >= 0.3 is 5.97 Å². The second-order valence-corrected chi connectivity index (χ2v) is 5.91. The highest BCUT2D eigenvalue weighted by molar-refractivity contribution is 8.16. The number of benzene rings is 1. The number of nitrogens with zero attached hydrogens (tertiary/aromatic N) is 2. The third-order valence-corrected chi connectivity index (χ3v) is 4.20. The molecule has 0 N–H and O–H groups in total. The number of carbonyl (C=O) groups excluding carboxylic acids is 1. The van der Waals surface area contributed by atoms with Gasteiger partial charge in [-0.2, -0.15) is 0 Å². The molecule has 0 saturated carbocycles. The predicted molar refractivity (Wildman–Crippen MR) is 84.7 cm³/mol. The van der Waals surface area contributed by atoms with Gasteiger partial charge in [0.1, 0.15) is 5.25 Å². The molecule has 0 amide bonds. The molecular formula is C13H12Cl2N2O2S. The number of hydrogen-bond acceptors (Lipinski definition) is 4. The van der Waals surface area contributed by atoms with E-state index in [9.17, 15) is 4.79 Å². The van der Waals surface area contributed by atoms with E-state index in [0.29, 0.717) is 33.2 Å². The summed E-state index contributed by atoms with van der Waals surface area (Å²) in [6.07, 6.45) is 0. The lowest BCUT2D eigenvalue weighted by Gasteiger charge is -2.07. The van der Waals surface area contributed by atoms with Crippen LogP contribution in [0.15, 0.2) is 28.2 Å². The molecule has 1 unspecified atom stereocenters. The largest absolute Gasteiger partial charge is 0.465 e. The van der Waals surface area contributed by atoms with E-state index in [1.165, 1.54) is 11.8 Å². The molecular weight excluding hydrogens is 319 g/mol. The molecule has 0 radical (unpaired) electrons. The van der Waals surface area contributed by atoms with Crippen LogP contribution in [0.5, 0.6) is 0 Å². The molecule has 0 aliphatic carbocycles. The van der Waals surface area contributed by atoms with Gasteiger partial charge in [-0.25, -0.2) is 9.98 Å². The Hall–Kier alpha value is -1.04. The van der Waals surface area contributed by atoms with E-state index < -0.39 is 5.25 Å². The summed E-state index contributed by atoms with van der Waals surface area (Å²) in [6.45, 7) is 3.89. The third kappa shape index (κ3) is 3.53. The molecule has 1 aliphatic heterocycles. The molecule has 0 saturated heterocycles. The van der Waals surface area contributed by atoms with Crippen molar-refractivity contribution in [3.8, 4) is 0 Å². The Bertz CT molecular complexity index is 602. The monoisotopic (exact) mass is 330 g/mol. The van der Waals surface area contributed by atoms with Gasteiger partial charge < -0.3 is 4.74 Å². The van der Waals surface area contributed by atoms with Crippen molar-refractivity contribution in [3.05, 3.63) is 28.2 Å². The molecule has 0 bridgehead atoms. The van der Waals surface area contributed by atoms with E-state index in [-0.39, 0.29) is 5.97 Å². The highest BCUT2D eigenvalue weighted by Crippen LogP contribution is 2.32. The lowest BCUT2D eigenvalue weighted by molar-refractivity contribution is -0.141. The van der Waals surface area contributed by atoms with Crippen LogP contribution in [0.25, 0.3) is 0 Å². The first-order valence-electron chi connectivity index (χ1n) is 5.93. The zero-order chi connectivity index (χ0) is 14.7. The molecule has 7 heteroatoms. The summed E-state index contributed by atoms with van der Waals surface area (Å²) in [4.78, 5) is 20.3. The Balaban J connectivity index is 2.19. The minimum Gasteiger partial charge on any atom is -0.465 e. The topological polar surface area (TPSA) is 51.0 Å². The van der Waals surface area contributed by atoms with Crippen LogP contribution >= 0.6 is 35.0 Å². The smallest absolute Gasteiger partial charge is 0.325 e. The van der Waals surface area contributed by atoms with Crippen LogP contribution in [0.2, 0.25) is 10.0 Å². The minimum absolute atomic E-state index is 0.300. The van der Waals surface area contributed by atoms with Crippen molar-refractivity contribution in [1.82, 2.24) is 0 Å². The first-order chi connectivity index (χ1) is 9.51. The Labute approximate surface area is 131 Å². The van der Waals surface area contributed by atoms with Crippen molar-refractivity contribution in [2.24, 2.45) is 9.98 Å². The van der Waals surface area contributed by atoms with Crippen molar-refractivity contribution in [2.45, 2.75) is 19.1 Å². The van der Waals surface area contributed by atoms with Gasteiger partial charge in [-0.3, -0.25) is 4.79 Å². The fourth-order valence-electron chi connectivity index (χ4n) is 1.59. The van der Waals surface area contributed by atoms with Crippen LogP contribution < -0.4 is 0 Å². The number of halogens is 2. The van der Waals surface area contributed by atoms with E-state index in [1.54, 1.807) is 32.0 Å². The van der Waals surface area contributed by atoms with Gasteiger partial charge in [0, 0.05) is 10.7 Å². The summed E-state index contributed by atoms with van der Waals surface area (Å²) in [5, 5.41) is 1.05. The number of hydrogen-bond donors (Lipinski definition) is 0. The highest BCUT2D eigenvalue weighted by atomic mass is 35.5. The quantitative estimate of drug-likeness (QED) is 0.783. The second-order valence-electron chi connectivity index (χ2n) is 3.99. The first kappa shape index (κ1) is 15.4. The Morgan fingerprint density at radius 1 is 1.50 bits per heavy atom. The standard InChI is InChI=1S/C13H12Cl2N2O2S/c1-3-19-12(18)11-7(2)16-13(20-11)17-10-5-4-8(14)6-9(10)15/h4-6,11H,3H2,1-2H3. The molecule has 1 atom stereocenters. The van der Waals surface area contributed by atoms with Crippen molar-refractivity contribution in [3.63, 3.8) is 0 Å². The molecule has 1 heterocycles. The van der Waals surface area contributed by atoms with Crippen LogP contribution in [0.4, 0.5) is 5.69 Å². The van der Waals surface area contributed by atoms with Crippen molar-refractivity contribution < 1.29 is 9.53 Å². The third-order valence-electron chi connectivity index (χ3n) is 2.50. The zero-order valence-corrected chi connectivity index (χ0v) is 13.2. The van der Waals surface area contributed by atoms with Gasteiger partial charge in [-0.05, 0) is 32.0 Å². The lowest BCUT2D eigenvalue weighted by atomic mass is 10.3. The van der Waals surface area contributed by atoms with E-state index in [4.69, 9.17) is 27.9 Å². The van der Waals surface area contributed by atoms with Gasteiger partial charge in [-0.15, -0.1) is 0 Å². The molecule has 1 aromatic rings. The molecule has 0 fully saturated rings. The second kappa shape index (κ2) is 6.61. The number of aliphatic imine (C=N–C) groups is 2. The van der Waals surface area contributed by atoms with E-state index in [2.05, 4.69) is 9.98 Å². The van der Waals surface area contributed by atoms with Gasteiger partial charge in [0.15, 0.2) is 5.17 Å². The normalized spacial score (nSPS) is 20.1. The van der Waals surface area contributed by atoms with Crippen molar-refractivity contribution in [1.29, 1.82) is 0 Å². The number of rotatable bonds is 3. The Morgan fingerprint density at radius 2 is 2.25 bits per heavy atom. The molecule has 2 rings (SSSR count). The summed E-state index contributed by atoms with van der Waals surface area (Å²) in [7, 11) is 0. The highest BCUT2D eigenvalue weighted by Gasteiger charge is 2.31. The predicted octanol–water partition coefficient (Wildman–Crippen LogP) is 4.12. The molecule has 1 aromatic carbocycles. The maximum absolute atomic E-state index is 11.7. The molecule has 106 valence electrons. The van der Waals surface area contributed by atoms with Gasteiger partial charge in [0.05, 0.1) is 17.3 Å². The van der Waals surface area contributed by atoms with Crippen LogP contribution in [-0.2, 0) is 9.53 Å². The Kier molecular flexibility index (Phi) is 5.07. The fourth-order valence-corrected chi connectivity index (χ4v) is 2.99. The zero-order valence-electron chi connectivity index (χ0n) is 10.9. The molecule has 4 nitrogen and oxygen atoms in total. The first-order valence-corrected chi connectivity index (χ1v) is 7.57. The summed E-state index contributed by atoms with van der Waals surface area (Å²) in [5.41, 5.74) is 1.25. The van der Waals surface area contributed by atoms with Gasteiger partial charge in [0.2, 0.25) is 0 Å². The van der Waals surface area contributed by atoms with E-state index in [1.807, 2.05) is 0 Å². The number of thioether (sulfide) groups is 1. The average Bonchev–Trinajstić information content (AvgIpc) is 2.74. The summed E-state index contributed by atoms with van der Waals surface area (Å²) in [6, 6.07) is 5.02. The number of carbonyl (C=O) groups is 1. The SMILES string of the molecule is CCOC(=O)C1SC(=Nc2ccc(Cl)cc2Cl)N=C1C.